The summed E-state index contributed by atoms with van der Waals surface area (Å²) in [5, 5.41) is 3.15. The molecule has 0 bridgehead atoms. The van der Waals surface area contributed by atoms with Crippen LogP contribution in [0.2, 0.25) is 0 Å². The van der Waals surface area contributed by atoms with Crippen LogP contribution in [0.1, 0.15) is 12.8 Å². The molecule has 86 valence electrons. The quantitative estimate of drug-likeness (QED) is 0.684. The minimum absolute atomic E-state index is 0.265. The van der Waals surface area contributed by atoms with Crippen molar-refractivity contribution in [3.05, 3.63) is 0 Å². The molecule has 0 unspecified atom stereocenters. The van der Waals surface area contributed by atoms with E-state index in [0.29, 0.717) is 11.9 Å². The second-order valence-corrected chi connectivity index (χ2v) is 4.88. The van der Waals surface area contributed by atoms with Crippen LogP contribution in [-0.2, 0) is 4.79 Å². The van der Waals surface area contributed by atoms with E-state index in [1.165, 1.54) is 0 Å². The van der Waals surface area contributed by atoms with E-state index in [1.54, 1.807) is 0 Å². The van der Waals surface area contributed by atoms with Crippen LogP contribution in [0, 0.1) is 5.92 Å². The lowest BCUT2D eigenvalue weighted by atomic mass is 9.98. The summed E-state index contributed by atoms with van der Waals surface area (Å²) in [7, 11) is 4.25. The maximum Gasteiger partial charge on any atom is 0.228 e. The molecule has 15 heavy (non-hydrogen) atoms. The van der Waals surface area contributed by atoms with Crippen LogP contribution in [-0.4, -0.2) is 62.0 Å². The molecule has 1 amide bonds. The number of hydrogen-bond acceptors (Lipinski definition) is 3. The average Bonchev–Trinajstić information content (AvgIpc) is 2.15. The lowest BCUT2D eigenvalue weighted by Gasteiger charge is -2.38. The topological polar surface area (TPSA) is 35.6 Å². The highest BCUT2D eigenvalue weighted by Crippen LogP contribution is 2.17. The number of carbonyl (C=O) groups excluding carboxylic acids is 1. The third-order valence-electron chi connectivity index (χ3n) is 3.64. The largest absolute Gasteiger partial charge is 0.342 e. The summed E-state index contributed by atoms with van der Waals surface area (Å²) in [6.45, 7) is 3.65. The zero-order chi connectivity index (χ0) is 10.8. The van der Waals surface area contributed by atoms with Crippen molar-refractivity contribution in [2.24, 2.45) is 5.92 Å². The number of hydrogen-bond donors (Lipinski definition) is 1. The Kier molecular flexibility index (Phi) is 3.26. The Hall–Kier alpha value is -0.610. The Morgan fingerprint density at radius 2 is 1.87 bits per heavy atom. The minimum Gasteiger partial charge on any atom is -0.342 e. The van der Waals surface area contributed by atoms with Gasteiger partial charge in [0.2, 0.25) is 5.91 Å². The lowest BCUT2D eigenvalue weighted by Crippen LogP contribution is -2.54. The molecule has 2 fully saturated rings. The fourth-order valence-electron chi connectivity index (χ4n) is 2.32. The van der Waals surface area contributed by atoms with Gasteiger partial charge in [0.25, 0.3) is 0 Å². The molecule has 1 N–H and O–H groups in total. The Bertz CT molecular complexity index is 230. The summed E-state index contributed by atoms with van der Waals surface area (Å²) in [5.74, 6) is 0.631. The molecule has 2 rings (SSSR count). The van der Waals surface area contributed by atoms with Gasteiger partial charge in [0, 0.05) is 32.2 Å². The van der Waals surface area contributed by atoms with E-state index in [4.69, 9.17) is 0 Å². The number of carbonyl (C=O) groups is 1. The highest BCUT2D eigenvalue weighted by atomic mass is 16.2. The molecule has 0 saturated carbocycles. The smallest absolute Gasteiger partial charge is 0.228 e. The zero-order valence-electron chi connectivity index (χ0n) is 9.70. The first-order chi connectivity index (χ1) is 7.18. The molecule has 2 heterocycles. The van der Waals surface area contributed by atoms with Crippen LogP contribution < -0.4 is 5.32 Å². The molecule has 2 aliphatic rings. The van der Waals surface area contributed by atoms with E-state index in [2.05, 4.69) is 24.3 Å². The van der Waals surface area contributed by atoms with E-state index in [1.807, 2.05) is 4.90 Å². The normalized spacial score (nSPS) is 24.3. The van der Waals surface area contributed by atoms with Gasteiger partial charge in [-0.05, 0) is 26.9 Å². The van der Waals surface area contributed by atoms with Crippen molar-refractivity contribution < 1.29 is 4.79 Å². The van der Waals surface area contributed by atoms with Gasteiger partial charge >= 0.3 is 0 Å². The van der Waals surface area contributed by atoms with Gasteiger partial charge < -0.3 is 15.1 Å². The number of likely N-dealkylation sites (tertiary alicyclic amines) is 1. The van der Waals surface area contributed by atoms with Crippen LogP contribution in [0.15, 0.2) is 0 Å². The number of piperidine rings is 1. The van der Waals surface area contributed by atoms with Crippen molar-refractivity contribution in [2.75, 3.05) is 40.3 Å². The highest BCUT2D eigenvalue weighted by molar-refractivity contribution is 5.80. The van der Waals surface area contributed by atoms with E-state index >= 15 is 0 Å². The highest BCUT2D eigenvalue weighted by Gasteiger charge is 2.31. The minimum atomic E-state index is 0.265. The molecule has 2 saturated heterocycles. The van der Waals surface area contributed by atoms with E-state index in [0.717, 1.165) is 39.0 Å². The van der Waals surface area contributed by atoms with Crippen molar-refractivity contribution in [2.45, 2.75) is 18.9 Å². The molecule has 0 aromatic carbocycles. The van der Waals surface area contributed by atoms with Gasteiger partial charge in [-0.25, -0.2) is 0 Å². The molecule has 0 aromatic rings. The first kappa shape index (κ1) is 10.9. The Labute approximate surface area is 91.6 Å². The van der Waals surface area contributed by atoms with Gasteiger partial charge in [0.05, 0.1) is 5.92 Å². The molecule has 0 aliphatic carbocycles. The van der Waals surface area contributed by atoms with Crippen molar-refractivity contribution in [3.63, 3.8) is 0 Å². The molecular weight excluding hydrogens is 190 g/mol. The predicted octanol–water partition coefficient (Wildman–Crippen LogP) is -0.242. The predicted molar refractivity (Wildman–Crippen MR) is 59.6 cm³/mol. The lowest BCUT2D eigenvalue weighted by molar-refractivity contribution is -0.138. The van der Waals surface area contributed by atoms with Gasteiger partial charge in [0.1, 0.15) is 0 Å². The maximum absolute atomic E-state index is 11.9. The van der Waals surface area contributed by atoms with Crippen molar-refractivity contribution >= 4 is 5.91 Å². The van der Waals surface area contributed by atoms with Gasteiger partial charge in [-0.2, -0.15) is 0 Å². The maximum atomic E-state index is 11.9. The molecule has 2 aliphatic heterocycles. The van der Waals surface area contributed by atoms with Gasteiger partial charge in [-0.3, -0.25) is 4.79 Å². The van der Waals surface area contributed by atoms with Crippen molar-refractivity contribution in [1.82, 2.24) is 15.1 Å². The monoisotopic (exact) mass is 211 g/mol. The fourth-order valence-corrected chi connectivity index (χ4v) is 2.32. The van der Waals surface area contributed by atoms with E-state index in [9.17, 15) is 4.79 Å². The Morgan fingerprint density at radius 1 is 1.27 bits per heavy atom. The summed E-state index contributed by atoms with van der Waals surface area (Å²) in [5.41, 5.74) is 0. The molecule has 0 spiro atoms. The van der Waals surface area contributed by atoms with E-state index in [-0.39, 0.29) is 5.92 Å². The van der Waals surface area contributed by atoms with E-state index < -0.39 is 0 Å². The van der Waals surface area contributed by atoms with Gasteiger partial charge in [-0.15, -0.1) is 0 Å². The molecule has 4 nitrogen and oxygen atoms in total. The number of rotatable bonds is 2. The van der Waals surface area contributed by atoms with Crippen LogP contribution >= 0.6 is 0 Å². The van der Waals surface area contributed by atoms with Crippen molar-refractivity contribution in [3.8, 4) is 0 Å². The second kappa shape index (κ2) is 4.49. The molecule has 4 heteroatoms. The summed E-state index contributed by atoms with van der Waals surface area (Å²) in [6, 6.07) is 0.661. The van der Waals surface area contributed by atoms with Crippen LogP contribution in [0.25, 0.3) is 0 Å². The Balaban J connectivity index is 1.79. The third kappa shape index (κ3) is 2.32. The fraction of sp³-hybridized carbons (Fsp3) is 0.909. The first-order valence-corrected chi connectivity index (χ1v) is 5.84. The molecular formula is C11H21N3O. The summed E-state index contributed by atoms with van der Waals surface area (Å²) in [4.78, 5) is 16.2. The standard InChI is InChI=1S/C11H21N3O/c1-13(2)10-3-5-14(6-4-10)11(15)9-7-12-8-9/h9-10,12H,3-8H2,1-2H3. The van der Waals surface area contributed by atoms with Crippen LogP contribution in [0.4, 0.5) is 0 Å². The third-order valence-corrected chi connectivity index (χ3v) is 3.64. The Morgan fingerprint density at radius 3 is 2.27 bits per heavy atom. The van der Waals surface area contributed by atoms with Crippen LogP contribution in [0.3, 0.4) is 0 Å². The molecule has 0 atom stereocenters. The van der Waals surface area contributed by atoms with Crippen molar-refractivity contribution in [1.29, 1.82) is 0 Å². The number of nitrogens with one attached hydrogen (secondary N) is 1. The molecule has 0 radical (unpaired) electrons. The first-order valence-electron chi connectivity index (χ1n) is 5.84. The average molecular weight is 211 g/mol. The van der Waals surface area contributed by atoms with Gasteiger partial charge in [0.15, 0.2) is 0 Å². The number of amides is 1. The zero-order valence-corrected chi connectivity index (χ0v) is 9.70. The summed E-state index contributed by atoms with van der Waals surface area (Å²) < 4.78 is 0. The molecule has 0 aromatic heterocycles. The SMILES string of the molecule is CN(C)C1CCN(C(=O)C2CNC2)CC1. The summed E-state index contributed by atoms with van der Waals surface area (Å²) in [6.07, 6.45) is 2.25. The second-order valence-electron chi connectivity index (χ2n) is 4.88. The summed E-state index contributed by atoms with van der Waals surface area (Å²) >= 11 is 0. The van der Waals surface area contributed by atoms with Gasteiger partial charge in [-0.1, -0.05) is 0 Å². The number of nitrogens with zero attached hydrogens (tertiary/aromatic N) is 2. The van der Waals surface area contributed by atoms with Crippen LogP contribution in [0.5, 0.6) is 0 Å².